The van der Waals surface area contributed by atoms with E-state index in [0.29, 0.717) is 22.9 Å². The van der Waals surface area contributed by atoms with Gasteiger partial charge >= 0.3 is 0 Å². The first kappa shape index (κ1) is 19.7. The van der Waals surface area contributed by atoms with Crippen molar-refractivity contribution in [3.05, 3.63) is 60.3 Å². The summed E-state index contributed by atoms with van der Waals surface area (Å²) in [6.45, 7) is 0. The van der Waals surface area contributed by atoms with Crippen LogP contribution in [0, 0.1) is 0 Å². The van der Waals surface area contributed by atoms with Gasteiger partial charge in [-0.2, -0.15) is 5.10 Å². The van der Waals surface area contributed by atoms with Crippen molar-refractivity contribution in [2.45, 2.75) is 31.6 Å². The number of rotatable bonds is 5. The first-order chi connectivity index (χ1) is 16.2. The molecule has 1 saturated carbocycles. The molecule has 10 heteroatoms. The quantitative estimate of drug-likeness (QED) is 0.391. The van der Waals surface area contributed by atoms with Crippen molar-refractivity contribution in [3.8, 4) is 16.8 Å². The number of nitrogen functional groups attached to an aromatic ring is 1. The predicted molar refractivity (Wildman–Crippen MR) is 129 cm³/mol. The Hall–Kier alpha value is -3.92. The second kappa shape index (κ2) is 8.21. The van der Waals surface area contributed by atoms with Crippen molar-refractivity contribution in [1.29, 1.82) is 0 Å². The van der Waals surface area contributed by atoms with Crippen LogP contribution in [-0.4, -0.2) is 34.9 Å². The maximum atomic E-state index is 5.96. The largest absolute Gasteiger partial charge is 0.397 e. The van der Waals surface area contributed by atoms with E-state index in [2.05, 4.69) is 30.6 Å². The molecule has 0 amide bonds. The molecule has 0 saturated heterocycles. The zero-order chi connectivity index (χ0) is 22.2. The number of pyridine rings is 3. The molecular weight excluding hydrogens is 434 g/mol. The first-order valence-electron chi connectivity index (χ1n) is 10.8. The summed E-state index contributed by atoms with van der Waals surface area (Å²) in [5.74, 6) is 1.17. The van der Waals surface area contributed by atoms with Crippen LogP contribution in [0.5, 0.6) is 0 Å². The van der Waals surface area contributed by atoms with Gasteiger partial charge in [-0.25, -0.2) is 9.67 Å². The number of fused-ring (bicyclic) bond motifs is 1. The second-order valence-electron chi connectivity index (χ2n) is 8.13. The van der Waals surface area contributed by atoms with E-state index in [0.717, 1.165) is 32.5 Å². The third kappa shape index (κ3) is 3.89. The standard InChI is InChI=1S/C23H21N9S/c24-16-9-20-19(26-12-16)10-18(15-8-17(13-25-11-15)32-7-3-6-27-32)21(28-20)29-23-31-30-22(33-23)14-4-1-2-5-14/h3,6-14H,1-2,4-5,24H2,(H,28,29,31). The van der Waals surface area contributed by atoms with E-state index >= 15 is 0 Å². The van der Waals surface area contributed by atoms with Crippen molar-refractivity contribution in [2.75, 3.05) is 11.1 Å². The Bertz CT molecular complexity index is 1420. The van der Waals surface area contributed by atoms with E-state index < -0.39 is 0 Å². The van der Waals surface area contributed by atoms with E-state index in [-0.39, 0.29) is 0 Å². The van der Waals surface area contributed by atoms with Gasteiger partial charge in [0.25, 0.3) is 0 Å². The number of anilines is 3. The van der Waals surface area contributed by atoms with E-state index in [4.69, 9.17) is 10.7 Å². The number of nitrogens with one attached hydrogen (secondary N) is 1. The van der Waals surface area contributed by atoms with Crippen LogP contribution in [0.3, 0.4) is 0 Å². The number of hydrogen-bond donors (Lipinski definition) is 2. The summed E-state index contributed by atoms with van der Waals surface area (Å²) < 4.78 is 1.77. The fourth-order valence-electron chi connectivity index (χ4n) is 4.23. The Kier molecular flexibility index (Phi) is 4.91. The topological polar surface area (TPSA) is 120 Å². The molecule has 164 valence electrons. The molecule has 5 heterocycles. The highest BCUT2D eigenvalue weighted by Crippen LogP contribution is 2.38. The Morgan fingerprint density at radius 3 is 2.79 bits per heavy atom. The minimum absolute atomic E-state index is 0.515. The van der Waals surface area contributed by atoms with E-state index in [1.165, 1.54) is 25.7 Å². The third-order valence-corrected chi connectivity index (χ3v) is 6.86. The van der Waals surface area contributed by atoms with Gasteiger partial charge in [-0.05, 0) is 37.1 Å². The predicted octanol–water partition coefficient (Wildman–Crippen LogP) is 4.71. The van der Waals surface area contributed by atoms with Crippen LogP contribution in [0.1, 0.15) is 36.6 Å². The van der Waals surface area contributed by atoms with Gasteiger partial charge in [0.1, 0.15) is 10.8 Å². The normalized spacial score (nSPS) is 14.2. The molecule has 0 bridgehead atoms. The lowest BCUT2D eigenvalue weighted by atomic mass is 10.1. The number of hydrogen-bond acceptors (Lipinski definition) is 9. The number of nitrogens with two attached hydrogens (primary N) is 1. The summed E-state index contributed by atoms with van der Waals surface area (Å²) in [6.07, 6.45) is 13.7. The van der Waals surface area contributed by atoms with Crippen molar-refractivity contribution in [3.63, 3.8) is 0 Å². The molecule has 3 N–H and O–H groups in total. The highest BCUT2D eigenvalue weighted by atomic mass is 32.1. The van der Waals surface area contributed by atoms with Gasteiger partial charge in [0.2, 0.25) is 5.13 Å². The van der Waals surface area contributed by atoms with Gasteiger partial charge in [-0.3, -0.25) is 9.97 Å². The Morgan fingerprint density at radius 2 is 1.94 bits per heavy atom. The molecule has 9 nitrogen and oxygen atoms in total. The van der Waals surface area contributed by atoms with E-state index in [9.17, 15) is 0 Å². The molecular formula is C23H21N9S. The van der Waals surface area contributed by atoms with Crippen LogP contribution in [0.2, 0.25) is 0 Å². The van der Waals surface area contributed by atoms with E-state index in [1.54, 1.807) is 34.6 Å². The summed E-state index contributed by atoms with van der Waals surface area (Å²) in [6, 6.07) is 7.71. The highest BCUT2D eigenvalue weighted by molar-refractivity contribution is 7.15. The molecule has 33 heavy (non-hydrogen) atoms. The van der Waals surface area contributed by atoms with Crippen molar-refractivity contribution >= 4 is 39.0 Å². The van der Waals surface area contributed by atoms with Crippen LogP contribution in [0.25, 0.3) is 27.8 Å². The molecule has 1 fully saturated rings. The second-order valence-corrected chi connectivity index (χ2v) is 9.13. The fraction of sp³-hybridized carbons (Fsp3) is 0.217. The maximum Gasteiger partial charge on any atom is 0.211 e. The van der Waals surface area contributed by atoms with Gasteiger partial charge in [0.05, 0.1) is 34.8 Å². The minimum atomic E-state index is 0.515. The summed E-state index contributed by atoms with van der Waals surface area (Å²) in [5, 5.41) is 18.4. The van der Waals surface area contributed by atoms with Gasteiger partial charge < -0.3 is 11.1 Å². The molecule has 5 aromatic rings. The molecule has 1 aliphatic carbocycles. The fourth-order valence-corrected chi connectivity index (χ4v) is 5.14. The van der Waals surface area contributed by atoms with Gasteiger partial charge in [0.15, 0.2) is 0 Å². The van der Waals surface area contributed by atoms with Crippen LogP contribution >= 0.6 is 11.3 Å². The maximum absolute atomic E-state index is 5.96. The molecule has 0 spiro atoms. The molecule has 0 atom stereocenters. The third-order valence-electron chi connectivity index (χ3n) is 5.86. The zero-order valence-electron chi connectivity index (χ0n) is 17.7. The zero-order valence-corrected chi connectivity index (χ0v) is 18.5. The average Bonchev–Trinajstić information content (AvgIpc) is 3.61. The lowest BCUT2D eigenvalue weighted by Crippen LogP contribution is -2.00. The minimum Gasteiger partial charge on any atom is -0.397 e. The molecule has 0 unspecified atom stereocenters. The van der Waals surface area contributed by atoms with Gasteiger partial charge in [-0.1, -0.05) is 24.2 Å². The monoisotopic (exact) mass is 455 g/mol. The lowest BCUT2D eigenvalue weighted by Gasteiger charge is -2.12. The summed E-state index contributed by atoms with van der Waals surface area (Å²) in [7, 11) is 0. The Balaban J connectivity index is 1.43. The molecule has 1 aliphatic rings. The summed E-state index contributed by atoms with van der Waals surface area (Å²) in [5.41, 5.74) is 10.6. The van der Waals surface area contributed by atoms with Crippen molar-refractivity contribution in [2.24, 2.45) is 0 Å². The molecule has 5 aromatic heterocycles. The van der Waals surface area contributed by atoms with Crippen LogP contribution < -0.4 is 11.1 Å². The molecule has 0 aliphatic heterocycles. The number of nitrogens with zero attached hydrogens (tertiary/aromatic N) is 7. The SMILES string of the molecule is Nc1cnc2cc(-c3cncc(-n4cccn4)c3)c(Nc3nnc(C4CCCC4)s3)nc2c1. The molecule has 0 radical (unpaired) electrons. The summed E-state index contributed by atoms with van der Waals surface area (Å²) in [4.78, 5) is 13.7. The van der Waals surface area contributed by atoms with Crippen LogP contribution in [0.15, 0.2) is 55.2 Å². The molecule has 6 rings (SSSR count). The average molecular weight is 456 g/mol. The Morgan fingerprint density at radius 1 is 1.03 bits per heavy atom. The van der Waals surface area contributed by atoms with Gasteiger partial charge in [-0.15, -0.1) is 10.2 Å². The lowest BCUT2D eigenvalue weighted by molar-refractivity contribution is 0.705. The smallest absolute Gasteiger partial charge is 0.211 e. The van der Waals surface area contributed by atoms with Crippen LogP contribution in [-0.2, 0) is 0 Å². The van der Waals surface area contributed by atoms with Gasteiger partial charge in [0, 0.05) is 35.6 Å². The highest BCUT2D eigenvalue weighted by Gasteiger charge is 2.22. The van der Waals surface area contributed by atoms with Crippen molar-refractivity contribution in [1.82, 2.24) is 34.9 Å². The Labute approximate surface area is 193 Å². The molecule has 0 aromatic carbocycles. The van der Waals surface area contributed by atoms with E-state index in [1.807, 2.05) is 36.7 Å². The van der Waals surface area contributed by atoms with Crippen LogP contribution in [0.4, 0.5) is 16.6 Å². The first-order valence-corrected chi connectivity index (χ1v) is 11.7. The number of aromatic nitrogens is 7. The summed E-state index contributed by atoms with van der Waals surface area (Å²) >= 11 is 1.60. The van der Waals surface area contributed by atoms with Crippen molar-refractivity contribution < 1.29 is 0 Å².